The highest BCUT2D eigenvalue weighted by molar-refractivity contribution is 6.08. The minimum atomic E-state index is -0.614. The van der Waals surface area contributed by atoms with Gasteiger partial charge in [-0.15, -0.1) is 0 Å². The average molecular weight is 410 g/mol. The molecule has 1 amide bonds. The molecule has 30 heavy (non-hydrogen) atoms. The number of hydrogen-bond acceptors (Lipinski definition) is 6. The van der Waals surface area contributed by atoms with Gasteiger partial charge in [-0.2, -0.15) is 0 Å². The summed E-state index contributed by atoms with van der Waals surface area (Å²) >= 11 is 0. The van der Waals surface area contributed by atoms with Crippen LogP contribution < -0.4 is 25.7 Å². The molecule has 158 valence electrons. The summed E-state index contributed by atoms with van der Waals surface area (Å²) < 4.78 is 16.5. The van der Waals surface area contributed by atoms with Gasteiger partial charge >= 0.3 is 5.63 Å². The van der Waals surface area contributed by atoms with Gasteiger partial charge in [0.15, 0.2) is 17.2 Å². The van der Waals surface area contributed by atoms with Crippen molar-refractivity contribution < 1.29 is 18.7 Å². The van der Waals surface area contributed by atoms with E-state index in [1.54, 1.807) is 30.3 Å². The van der Waals surface area contributed by atoms with E-state index in [1.165, 1.54) is 0 Å². The maximum Gasteiger partial charge on any atom is 0.362 e. The molecule has 0 aliphatic rings. The molecular formula is C23H26N2O5. The van der Waals surface area contributed by atoms with E-state index < -0.39 is 11.5 Å². The second-order valence-corrected chi connectivity index (χ2v) is 6.54. The largest absolute Gasteiger partial charge is 0.490 e. The zero-order valence-electron chi connectivity index (χ0n) is 17.4. The third-order valence-electron chi connectivity index (χ3n) is 4.41. The summed E-state index contributed by atoms with van der Waals surface area (Å²) in [4.78, 5) is 25.6. The molecule has 0 saturated carbocycles. The van der Waals surface area contributed by atoms with Gasteiger partial charge in [0, 0.05) is 17.5 Å². The molecule has 0 bridgehead atoms. The normalized spacial score (nSPS) is 10.6. The highest BCUT2D eigenvalue weighted by Crippen LogP contribution is 2.31. The van der Waals surface area contributed by atoms with E-state index >= 15 is 0 Å². The Balaban J connectivity index is 1.99. The molecule has 1 heterocycles. The molecule has 2 N–H and O–H groups in total. The molecule has 0 aliphatic heterocycles. The van der Waals surface area contributed by atoms with Crippen LogP contribution in [-0.4, -0.2) is 25.7 Å². The molecule has 7 nitrogen and oxygen atoms in total. The third-order valence-corrected chi connectivity index (χ3v) is 4.41. The Labute approximate surface area is 175 Å². The number of para-hydroxylation sites is 1. The fraction of sp³-hybridized carbons (Fsp3) is 0.304. The number of fused-ring (bicyclic) bond motifs is 1. The number of carbonyl (C=O) groups is 1. The van der Waals surface area contributed by atoms with Gasteiger partial charge in [-0.1, -0.05) is 19.1 Å². The lowest BCUT2D eigenvalue weighted by Gasteiger charge is -2.15. The maximum atomic E-state index is 12.9. The smallest absolute Gasteiger partial charge is 0.362 e. The number of benzene rings is 2. The quantitative estimate of drug-likeness (QED) is 0.499. The van der Waals surface area contributed by atoms with Crippen molar-refractivity contribution in [2.24, 2.45) is 0 Å². The molecule has 3 aromatic rings. The van der Waals surface area contributed by atoms with Crippen molar-refractivity contribution >= 4 is 28.3 Å². The van der Waals surface area contributed by atoms with Crippen LogP contribution in [-0.2, 0) is 0 Å². The van der Waals surface area contributed by atoms with Gasteiger partial charge < -0.3 is 24.5 Å². The van der Waals surface area contributed by atoms with Crippen molar-refractivity contribution in [3.63, 3.8) is 0 Å². The van der Waals surface area contributed by atoms with E-state index in [4.69, 9.17) is 13.9 Å². The highest BCUT2D eigenvalue weighted by Gasteiger charge is 2.19. The summed E-state index contributed by atoms with van der Waals surface area (Å²) in [6, 6.07) is 12.1. The van der Waals surface area contributed by atoms with Gasteiger partial charge in [0.05, 0.1) is 18.9 Å². The van der Waals surface area contributed by atoms with Crippen LogP contribution in [0.5, 0.6) is 11.5 Å². The Kier molecular flexibility index (Phi) is 6.95. The first kappa shape index (κ1) is 21.2. The van der Waals surface area contributed by atoms with E-state index in [9.17, 15) is 9.59 Å². The molecule has 2 aromatic carbocycles. The third kappa shape index (κ3) is 4.56. The fourth-order valence-corrected chi connectivity index (χ4v) is 3.08. The molecule has 0 radical (unpaired) electrons. The van der Waals surface area contributed by atoms with Crippen LogP contribution in [0.4, 0.5) is 11.4 Å². The number of nitrogens with one attached hydrogen (secondary N) is 2. The first-order chi connectivity index (χ1) is 14.6. The number of carbonyl (C=O) groups excluding carboxylic acids is 1. The maximum absolute atomic E-state index is 12.9. The predicted octanol–water partition coefficient (Wildman–Crippen LogP) is 4.66. The molecule has 0 fully saturated rings. The van der Waals surface area contributed by atoms with Crippen molar-refractivity contribution in [1.29, 1.82) is 0 Å². The summed E-state index contributed by atoms with van der Waals surface area (Å²) in [5, 5.41) is 6.68. The van der Waals surface area contributed by atoms with Gasteiger partial charge in [0.25, 0.3) is 5.91 Å². The van der Waals surface area contributed by atoms with Gasteiger partial charge in [-0.05, 0) is 50.6 Å². The van der Waals surface area contributed by atoms with Crippen molar-refractivity contribution in [2.75, 3.05) is 30.4 Å². The molecule has 0 saturated heterocycles. The predicted molar refractivity (Wildman–Crippen MR) is 118 cm³/mol. The van der Waals surface area contributed by atoms with Crippen molar-refractivity contribution in [2.45, 2.75) is 27.2 Å². The second kappa shape index (κ2) is 9.82. The van der Waals surface area contributed by atoms with Crippen LogP contribution >= 0.6 is 0 Å². The van der Waals surface area contributed by atoms with Gasteiger partial charge in [-0.25, -0.2) is 4.79 Å². The highest BCUT2D eigenvalue weighted by atomic mass is 16.5. The standard InChI is InChI=1S/C23H26N2O5/c1-4-13-24-20-16-9-7-8-10-17(16)30-23(27)21(20)25-22(26)15-11-12-18(28-5-2)19(14-15)29-6-3/h7-12,14,24H,4-6,13H2,1-3H3,(H,25,26). The van der Waals surface area contributed by atoms with E-state index in [0.717, 1.165) is 11.8 Å². The minimum Gasteiger partial charge on any atom is -0.490 e. The summed E-state index contributed by atoms with van der Waals surface area (Å²) in [5.74, 6) is 0.592. The molecule has 3 rings (SSSR count). The lowest BCUT2D eigenvalue weighted by Crippen LogP contribution is -2.20. The van der Waals surface area contributed by atoms with E-state index in [1.807, 2.05) is 32.9 Å². The zero-order chi connectivity index (χ0) is 21.5. The van der Waals surface area contributed by atoms with Crippen LogP contribution in [0, 0.1) is 0 Å². The van der Waals surface area contributed by atoms with Gasteiger partial charge in [-0.3, -0.25) is 4.79 Å². The summed E-state index contributed by atoms with van der Waals surface area (Å²) in [6.45, 7) is 7.32. The molecule has 0 unspecified atom stereocenters. The van der Waals surface area contributed by atoms with E-state index in [-0.39, 0.29) is 5.69 Å². The van der Waals surface area contributed by atoms with Crippen LogP contribution in [0.2, 0.25) is 0 Å². The Bertz CT molecular complexity index is 1090. The second-order valence-electron chi connectivity index (χ2n) is 6.54. The van der Waals surface area contributed by atoms with Crippen LogP contribution in [0.15, 0.2) is 51.7 Å². The molecular weight excluding hydrogens is 384 g/mol. The Morgan fingerprint density at radius 1 is 0.967 bits per heavy atom. The van der Waals surface area contributed by atoms with E-state index in [2.05, 4.69) is 10.6 Å². The minimum absolute atomic E-state index is 0.0824. The van der Waals surface area contributed by atoms with Crippen molar-refractivity contribution in [3.8, 4) is 11.5 Å². The average Bonchev–Trinajstić information content (AvgIpc) is 2.75. The molecule has 0 aliphatic carbocycles. The molecule has 0 spiro atoms. The monoisotopic (exact) mass is 410 g/mol. The van der Waals surface area contributed by atoms with E-state index in [0.29, 0.717) is 48.1 Å². The summed E-state index contributed by atoms with van der Waals surface area (Å²) in [5.41, 5.74) is 0.818. The summed E-state index contributed by atoms with van der Waals surface area (Å²) in [6.07, 6.45) is 0.860. The lowest BCUT2D eigenvalue weighted by atomic mass is 10.1. The van der Waals surface area contributed by atoms with Crippen molar-refractivity contribution in [3.05, 3.63) is 58.4 Å². The number of anilines is 2. The van der Waals surface area contributed by atoms with Crippen LogP contribution in [0.1, 0.15) is 37.6 Å². The van der Waals surface area contributed by atoms with Crippen LogP contribution in [0.3, 0.4) is 0 Å². The molecule has 7 heteroatoms. The number of rotatable bonds is 9. The number of amides is 1. The van der Waals surface area contributed by atoms with Gasteiger partial charge in [0.1, 0.15) is 5.58 Å². The van der Waals surface area contributed by atoms with Crippen LogP contribution in [0.25, 0.3) is 11.0 Å². The summed E-state index contributed by atoms with van der Waals surface area (Å²) in [7, 11) is 0. The first-order valence-electron chi connectivity index (χ1n) is 10.1. The SMILES string of the molecule is CCCNc1c(NC(=O)c2ccc(OCC)c(OCC)c2)c(=O)oc2ccccc12. The molecule has 1 aromatic heterocycles. The number of ether oxygens (including phenoxy) is 2. The topological polar surface area (TPSA) is 89.8 Å². The zero-order valence-corrected chi connectivity index (χ0v) is 17.4. The number of hydrogen-bond donors (Lipinski definition) is 2. The molecule has 0 atom stereocenters. The Morgan fingerprint density at radius 3 is 2.43 bits per heavy atom. The lowest BCUT2D eigenvalue weighted by molar-refractivity contribution is 0.102. The Morgan fingerprint density at radius 2 is 1.70 bits per heavy atom. The van der Waals surface area contributed by atoms with Gasteiger partial charge in [0.2, 0.25) is 0 Å². The van der Waals surface area contributed by atoms with Crippen molar-refractivity contribution in [1.82, 2.24) is 0 Å². The first-order valence-corrected chi connectivity index (χ1v) is 10.1. The Hall–Kier alpha value is -3.48. The fourth-order valence-electron chi connectivity index (χ4n) is 3.08.